The number of hydrogen-bond donors (Lipinski definition) is 1. The van der Waals surface area contributed by atoms with E-state index in [4.69, 9.17) is 26.1 Å². The molecule has 0 aliphatic carbocycles. The number of carbonyl (C=O) groups is 1. The minimum Gasteiger partial charge on any atom is -0.493 e. The monoisotopic (exact) mass is 463 g/mol. The van der Waals surface area contributed by atoms with Gasteiger partial charge in [0.25, 0.3) is 5.91 Å². The zero-order chi connectivity index (χ0) is 23.5. The van der Waals surface area contributed by atoms with Crippen LogP contribution in [0.2, 0.25) is 5.02 Å². The first-order valence-corrected chi connectivity index (χ1v) is 11.1. The summed E-state index contributed by atoms with van der Waals surface area (Å²) >= 11 is 6.46. The molecule has 0 radical (unpaired) electrons. The molecule has 0 unspecified atom stereocenters. The summed E-state index contributed by atoms with van der Waals surface area (Å²) in [6.07, 6.45) is 1.95. The van der Waals surface area contributed by atoms with E-state index in [0.29, 0.717) is 46.1 Å². The maximum absolute atomic E-state index is 13.3. The van der Waals surface area contributed by atoms with Crippen LogP contribution in [0.4, 0.5) is 5.82 Å². The molecule has 0 fully saturated rings. The topological polar surface area (TPSA) is 64.9 Å². The van der Waals surface area contributed by atoms with Gasteiger partial charge in [-0.3, -0.25) is 9.20 Å². The Kier molecular flexibility index (Phi) is 6.56. The summed E-state index contributed by atoms with van der Waals surface area (Å²) in [5.74, 6) is 1.42. The Bertz CT molecular complexity index is 1300. The number of imidazole rings is 1. The number of anilines is 1. The molecule has 2 aromatic heterocycles. The third-order valence-corrected chi connectivity index (χ3v) is 5.38. The van der Waals surface area contributed by atoms with Gasteiger partial charge in [0.05, 0.1) is 18.7 Å². The number of fused-ring (bicyclic) bond motifs is 1. The molecule has 1 amide bonds. The predicted molar refractivity (Wildman–Crippen MR) is 132 cm³/mol. The van der Waals surface area contributed by atoms with Crippen molar-refractivity contribution in [3.8, 4) is 22.8 Å². The number of carbonyl (C=O) groups excluding carboxylic acids is 1. The fourth-order valence-electron chi connectivity index (χ4n) is 3.49. The van der Waals surface area contributed by atoms with Crippen molar-refractivity contribution in [3.63, 3.8) is 0 Å². The van der Waals surface area contributed by atoms with E-state index in [1.807, 2.05) is 73.8 Å². The molecule has 0 saturated heterocycles. The number of ether oxygens (including phenoxy) is 2. The highest BCUT2D eigenvalue weighted by molar-refractivity contribution is 6.32. The lowest BCUT2D eigenvalue weighted by Crippen LogP contribution is -2.15. The van der Waals surface area contributed by atoms with Gasteiger partial charge in [-0.15, -0.1) is 0 Å². The second-order valence-electron chi connectivity index (χ2n) is 8.26. The van der Waals surface area contributed by atoms with E-state index in [2.05, 4.69) is 5.32 Å². The van der Waals surface area contributed by atoms with Crippen LogP contribution in [0.5, 0.6) is 11.5 Å². The quantitative estimate of drug-likeness (QED) is 0.351. The summed E-state index contributed by atoms with van der Waals surface area (Å²) in [7, 11) is 1.52. The molecule has 6 nitrogen and oxygen atoms in total. The maximum atomic E-state index is 13.3. The van der Waals surface area contributed by atoms with Crippen LogP contribution in [-0.4, -0.2) is 29.0 Å². The Labute approximate surface area is 198 Å². The third kappa shape index (κ3) is 4.81. The SMILES string of the molecule is COc1cc(C(=O)Nc2c(-c3ccccc3)nc3ccc(C)cn23)cc(Cl)c1OCC(C)C. The van der Waals surface area contributed by atoms with Crippen LogP contribution in [0.1, 0.15) is 29.8 Å². The molecule has 0 bridgehead atoms. The second-order valence-corrected chi connectivity index (χ2v) is 8.67. The molecule has 33 heavy (non-hydrogen) atoms. The predicted octanol–water partition coefficient (Wildman–Crippen LogP) is 6.26. The first-order valence-electron chi connectivity index (χ1n) is 10.7. The zero-order valence-electron chi connectivity index (χ0n) is 19.1. The molecule has 4 aromatic rings. The summed E-state index contributed by atoms with van der Waals surface area (Å²) in [4.78, 5) is 18.1. The molecule has 170 valence electrons. The minimum absolute atomic E-state index is 0.317. The summed E-state index contributed by atoms with van der Waals surface area (Å²) in [6, 6.07) is 16.9. The lowest BCUT2D eigenvalue weighted by Gasteiger charge is -2.15. The molecular weight excluding hydrogens is 438 g/mol. The molecule has 0 spiro atoms. The van der Waals surface area contributed by atoms with Gasteiger partial charge in [0.15, 0.2) is 11.5 Å². The van der Waals surface area contributed by atoms with Gasteiger partial charge < -0.3 is 14.8 Å². The number of amides is 1. The zero-order valence-corrected chi connectivity index (χ0v) is 19.8. The first kappa shape index (κ1) is 22.7. The largest absolute Gasteiger partial charge is 0.493 e. The number of pyridine rings is 1. The number of nitrogens with one attached hydrogen (secondary N) is 1. The summed E-state index contributed by atoms with van der Waals surface area (Å²) in [5.41, 5.74) is 3.73. The van der Waals surface area contributed by atoms with Crippen molar-refractivity contribution < 1.29 is 14.3 Å². The highest BCUT2D eigenvalue weighted by Crippen LogP contribution is 2.37. The highest BCUT2D eigenvalue weighted by atomic mass is 35.5. The van der Waals surface area contributed by atoms with Gasteiger partial charge in [-0.2, -0.15) is 0 Å². The summed E-state index contributed by atoms with van der Waals surface area (Å²) < 4.78 is 13.1. The lowest BCUT2D eigenvalue weighted by atomic mass is 10.1. The van der Waals surface area contributed by atoms with E-state index in [1.54, 1.807) is 12.1 Å². The van der Waals surface area contributed by atoms with E-state index < -0.39 is 0 Å². The van der Waals surface area contributed by atoms with Crippen LogP contribution >= 0.6 is 11.6 Å². The van der Waals surface area contributed by atoms with Crippen molar-refractivity contribution in [1.82, 2.24) is 9.38 Å². The minimum atomic E-state index is -0.328. The third-order valence-electron chi connectivity index (χ3n) is 5.10. The fourth-order valence-corrected chi connectivity index (χ4v) is 3.75. The van der Waals surface area contributed by atoms with E-state index in [-0.39, 0.29) is 5.91 Å². The van der Waals surface area contributed by atoms with Crippen LogP contribution in [0.25, 0.3) is 16.9 Å². The lowest BCUT2D eigenvalue weighted by molar-refractivity contribution is 0.102. The van der Waals surface area contributed by atoms with Crippen molar-refractivity contribution in [2.75, 3.05) is 19.0 Å². The number of rotatable bonds is 7. The van der Waals surface area contributed by atoms with Gasteiger partial charge in [-0.1, -0.05) is 61.8 Å². The molecular formula is C26H26ClN3O3. The van der Waals surface area contributed by atoms with E-state index in [0.717, 1.165) is 16.8 Å². The van der Waals surface area contributed by atoms with Gasteiger partial charge in [0, 0.05) is 17.3 Å². The molecule has 4 rings (SSSR count). The molecule has 1 N–H and O–H groups in total. The summed E-state index contributed by atoms with van der Waals surface area (Å²) in [6.45, 7) is 6.57. The van der Waals surface area contributed by atoms with Crippen molar-refractivity contribution in [2.24, 2.45) is 5.92 Å². The number of halogens is 1. The Hall–Kier alpha value is -3.51. The second kappa shape index (κ2) is 9.55. The van der Waals surface area contributed by atoms with Crippen LogP contribution < -0.4 is 14.8 Å². The van der Waals surface area contributed by atoms with E-state index in [1.165, 1.54) is 7.11 Å². The van der Waals surface area contributed by atoms with E-state index >= 15 is 0 Å². The average Bonchev–Trinajstić information content (AvgIpc) is 3.15. The molecule has 0 atom stereocenters. The van der Waals surface area contributed by atoms with Gasteiger partial charge in [-0.25, -0.2) is 4.98 Å². The van der Waals surface area contributed by atoms with Crippen LogP contribution in [0, 0.1) is 12.8 Å². The molecule has 0 aliphatic rings. The number of aromatic nitrogens is 2. The van der Waals surface area contributed by atoms with Crippen molar-refractivity contribution in [2.45, 2.75) is 20.8 Å². The Morgan fingerprint density at radius 2 is 1.91 bits per heavy atom. The summed E-state index contributed by atoms with van der Waals surface area (Å²) in [5, 5.41) is 3.35. The average molecular weight is 464 g/mol. The molecule has 2 aromatic carbocycles. The number of nitrogens with zero attached hydrogens (tertiary/aromatic N) is 2. The van der Waals surface area contributed by atoms with Crippen molar-refractivity contribution in [3.05, 3.63) is 76.9 Å². The molecule has 2 heterocycles. The fraction of sp³-hybridized carbons (Fsp3) is 0.231. The van der Waals surface area contributed by atoms with Crippen LogP contribution in [0.3, 0.4) is 0 Å². The Morgan fingerprint density at radius 1 is 1.15 bits per heavy atom. The smallest absolute Gasteiger partial charge is 0.257 e. The van der Waals surface area contributed by atoms with Crippen molar-refractivity contribution in [1.29, 1.82) is 0 Å². The first-order chi connectivity index (χ1) is 15.9. The molecule has 0 saturated carbocycles. The molecule has 7 heteroatoms. The standard InChI is InChI=1S/C26H26ClN3O3/c1-16(2)15-33-24-20(27)12-19(13-21(24)32-4)26(31)29-25-23(18-8-6-5-7-9-18)28-22-11-10-17(3)14-30(22)25/h5-14,16H,15H2,1-4H3,(H,29,31). The number of aryl methyl sites for hydroxylation is 1. The maximum Gasteiger partial charge on any atom is 0.257 e. The van der Waals surface area contributed by atoms with Crippen LogP contribution in [-0.2, 0) is 0 Å². The highest BCUT2D eigenvalue weighted by Gasteiger charge is 2.20. The van der Waals surface area contributed by atoms with Gasteiger partial charge >= 0.3 is 0 Å². The molecule has 0 aliphatic heterocycles. The number of methoxy groups -OCH3 is 1. The Morgan fingerprint density at radius 3 is 2.61 bits per heavy atom. The van der Waals surface area contributed by atoms with Crippen LogP contribution in [0.15, 0.2) is 60.8 Å². The van der Waals surface area contributed by atoms with Gasteiger partial charge in [0.2, 0.25) is 0 Å². The number of hydrogen-bond acceptors (Lipinski definition) is 4. The van der Waals surface area contributed by atoms with E-state index in [9.17, 15) is 4.79 Å². The van der Waals surface area contributed by atoms with Gasteiger partial charge in [-0.05, 0) is 36.6 Å². The van der Waals surface area contributed by atoms with Gasteiger partial charge in [0.1, 0.15) is 17.2 Å². The normalized spacial score (nSPS) is 11.1. The van der Waals surface area contributed by atoms with Crippen molar-refractivity contribution >= 4 is 29.0 Å². The number of benzene rings is 2. The Balaban J connectivity index is 1.74.